The van der Waals surface area contributed by atoms with Crippen molar-refractivity contribution in [2.75, 3.05) is 0 Å². The first kappa shape index (κ1) is 27.5. The van der Waals surface area contributed by atoms with Gasteiger partial charge in [0.2, 0.25) is 0 Å². The minimum Gasteiger partial charge on any atom is -0.478 e. The van der Waals surface area contributed by atoms with E-state index >= 15 is 0 Å². The molecule has 0 unspecified atom stereocenters. The van der Waals surface area contributed by atoms with E-state index in [2.05, 4.69) is 0 Å². The number of halogens is 4. The molecule has 0 aliphatic carbocycles. The molecule has 0 aliphatic rings. The van der Waals surface area contributed by atoms with Gasteiger partial charge in [-0.05, 0) is 57.4 Å². The predicted octanol–water partition coefficient (Wildman–Crippen LogP) is 8.22. The molecular weight excluding hydrogens is 606 g/mol. The lowest BCUT2D eigenvalue weighted by Crippen LogP contribution is -2.11. The Bertz CT molecular complexity index is 2020. The van der Waals surface area contributed by atoms with Crippen LogP contribution in [0.15, 0.2) is 48.5 Å². The van der Waals surface area contributed by atoms with Crippen LogP contribution in [0.4, 0.5) is 0 Å². The van der Waals surface area contributed by atoms with Crippen LogP contribution in [0.25, 0.3) is 43.4 Å². The van der Waals surface area contributed by atoms with Gasteiger partial charge in [-0.2, -0.15) is 0 Å². The monoisotopic (exact) mass is 616 g/mol. The van der Waals surface area contributed by atoms with E-state index in [0.717, 1.165) is 18.2 Å². The topological polar surface area (TPSA) is 149 Å². The maximum atomic E-state index is 12.6. The first-order chi connectivity index (χ1) is 18.8. The molecule has 0 saturated carbocycles. The van der Waals surface area contributed by atoms with Crippen LogP contribution >= 0.6 is 46.4 Å². The number of fused-ring (bicyclic) bond motifs is 3. The molecule has 5 rings (SSSR count). The summed E-state index contributed by atoms with van der Waals surface area (Å²) in [5.74, 6) is -6.03. The molecule has 0 saturated heterocycles. The number of aromatic carboxylic acids is 4. The van der Waals surface area contributed by atoms with Crippen molar-refractivity contribution >= 4 is 103 Å². The Balaban J connectivity index is 2.06. The second kappa shape index (κ2) is 9.83. The van der Waals surface area contributed by atoms with Crippen molar-refractivity contribution in [1.82, 2.24) is 0 Å². The molecule has 0 amide bonds. The molecule has 0 radical (unpaired) electrons. The van der Waals surface area contributed by atoms with Crippen LogP contribution in [-0.2, 0) is 0 Å². The Hall–Kier alpha value is -4.08. The zero-order valence-corrected chi connectivity index (χ0v) is 22.6. The van der Waals surface area contributed by atoms with Crippen LogP contribution in [0.3, 0.4) is 0 Å². The third-order valence-corrected chi connectivity index (χ3v) is 8.32. The zero-order valence-electron chi connectivity index (χ0n) is 19.6. The summed E-state index contributed by atoms with van der Waals surface area (Å²) in [6.45, 7) is 0. The minimum atomic E-state index is -1.55. The number of rotatable bonds is 5. The van der Waals surface area contributed by atoms with E-state index in [0.29, 0.717) is 5.39 Å². The fourth-order valence-electron chi connectivity index (χ4n) is 4.83. The van der Waals surface area contributed by atoms with E-state index in [1.165, 1.54) is 18.2 Å². The van der Waals surface area contributed by atoms with E-state index < -0.39 is 46.1 Å². The van der Waals surface area contributed by atoms with Gasteiger partial charge in [0.1, 0.15) is 0 Å². The van der Waals surface area contributed by atoms with Gasteiger partial charge >= 0.3 is 23.9 Å². The van der Waals surface area contributed by atoms with Gasteiger partial charge in [-0.3, -0.25) is 0 Å². The molecule has 0 fully saturated rings. The van der Waals surface area contributed by atoms with Crippen molar-refractivity contribution in [3.8, 4) is 11.1 Å². The molecule has 0 spiro atoms. The number of hydrogen-bond donors (Lipinski definition) is 4. The van der Waals surface area contributed by atoms with Gasteiger partial charge in [0.05, 0.1) is 42.3 Å². The van der Waals surface area contributed by atoms with Crippen molar-refractivity contribution in [3.63, 3.8) is 0 Å². The summed E-state index contributed by atoms with van der Waals surface area (Å²) in [5, 5.41) is 40.8. The fraction of sp³-hybridized carbons (Fsp3) is 0. The van der Waals surface area contributed by atoms with Gasteiger partial charge in [-0.1, -0.05) is 64.6 Å². The third-order valence-electron chi connectivity index (χ3n) is 6.51. The summed E-state index contributed by atoms with van der Waals surface area (Å²) in [4.78, 5) is 48.4. The lowest BCUT2D eigenvalue weighted by Gasteiger charge is -2.18. The normalized spacial score (nSPS) is 11.3. The summed E-state index contributed by atoms with van der Waals surface area (Å²) >= 11 is 25.6. The van der Waals surface area contributed by atoms with Gasteiger partial charge < -0.3 is 20.4 Å². The summed E-state index contributed by atoms with van der Waals surface area (Å²) in [6.07, 6.45) is 0. The third kappa shape index (κ3) is 4.17. The van der Waals surface area contributed by atoms with Gasteiger partial charge in [0, 0.05) is 16.3 Å². The molecular formula is C28H12Cl4O8. The standard InChI is InChI=1S/C28H12Cl4O8/c29-21-13-3-1-2-12(19(13)22(30)24(32)23(21)31)18-14-5-10-7-16(26(35)36)15(25(33)34)6-9(10)4-11(14)8-17(27(37)38)20(18)28(39)40/h1-8H,(H,33,34)(H,35,36)(H,37,38)(H,39,40). The summed E-state index contributed by atoms with van der Waals surface area (Å²) in [6, 6.07) is 11.0. The predicted molar refractivity (Wildman–Crippen MR) is 152 cm³/mol. The molecule has 0 aromatic heterocycles. The SMILES string of the molecule is O=C(O)c1cc2cc3cc(C(=O)O)c(C(=O)O)c(-c4cccc5c(Cl)c(Cl)c(Cl)c(Cl)c45)c3cc2cc1C(=O)O. The van der Waals surface area contributed by atoms with Crippen LogP contribution in [0.2, 0.25) is 20.1 Å². The molecule has 4 N–H and O–H groups in total. The zero-order chi connectivity index (χ0) is 29.2. The van der Waals surface area contributed by atoms with E-state index in [9.17, 15) is 39.6 Å². The van der Waals surface area contributed by atoms with Gasteiger partial charge in [0.25, 0.3) is 0 Å². The molecule has 12 heteroatoms. The smallest absolute Gasteiger partial charge is 0.337 e. The summed E-state index contributed by atoms with van der Waals surface area (Å²) < 4.78 is 0. The number of carboxylic acids is 4. The molecule has 200 valence electrons. The van der Waals surface area contributed by atoms with Crippen molar-refractivity contribution in [2.45, 2.75) is 0 Å². The molecule has 0 heterocycles. The Morgan fingerprint density at radius 1 is 0.525 bits per heavy atom. The van der Waals surface area contributed by atoms with Gasteiger partial charge in [-0.15, -0.1) is 0 Å². The van der Waals surface area contributed by atoms with Crippen LogP contribution in [0.1, 0.15) is 41.4 Å². The van der Waals surface area contributed by atoms with Gasteiger partial charge in [-0.25, -0.2) is 19.2 Å². The van der Waals surface area contributed by atoms with Crippen molar-refractivity contribution in [2.24, 2.45) is 0 Å². The summed E-state index contributed by atoms with van der Waals surface area (Å²) in [7, 11) is 0. The number of benzene rings is 5. The fourth-order valence-corrected chi connectivity index (χ4v) is 5.86. The highest BCUT2D eigenvalue weighted by Gasteiger charge is 2.28. The summed E-state index contributed by atoms with van der Waals surface area (Å²) in [5.41, 5.74) is -1.94. The Morgan fingerprint density at radius 2 is 1.05 bits per heavy atom. The largest absolute Gasteiger partial charge is 0.478 e. The maximum absolute atomic E-state index is 12.6. The Morgan fingerprint density at radius 3 is 1.60 bits per heavy atom. The van der Waals surface area contributed by atoms with Crippen molar-refractivity contribution < 1.29 is 39.6 Å². The minimum absolute atomic E-state index is 0.0259. The highest BCUT2D eigenvalue weighted by atomic mass is 35.5. The molecule has 5 aromatic carbocycles. The van der Waals surface area contributed by atoms with Crippen molar-refractivity contribution in [1.29, 1.82) is 0 Å². The van der Waals surface area contributed by atoms with Crippen LogP contribution in [0, 0.1) is 0 Å². The van der Waals surface area contributed by atoms with Crippen LogP contribution in [0.5, 0.6) is 0 Å². The van der Waals surface area contributed by atoms with E-state index in [1.54, 1.807) is 12.1 Å². The molecule has 0 bridgehead atoms. The molecule has 0 aliphatic heterocycles. The van der Waals surface area contributed by atoms with E-state index in [1.807, 2.05) is 0 Å². The highest BCUT2D eigenvalue weighted by molar-refractivity contribution is 6.56. The number of hydrogen-bond acceptors (Lipinski definition) is 4. The van der Waals surface area contributed by atoms with E-state index in [-0.39, 0.29) is 58.1 Å². The quantitative estimate of drug-likeness (QED) is 0.0875. The van der Waals surface area contributed by atoms with E-state index in [4.69, 9.17) is 46.4 Å². The second-order valence-electron chi connectivity index (χ2n) is 8.70. The highest BCUT2D eigenvalue weighted by Crippen LogP contribution is 2.48. The molecule has 40 heavy (non-hydrogen) atoms. The molecule has 8 nitrogen and oxygen atoms in total. The lowest BCUT2D eigenvalue weighted by atomic mass is 9.86. The van der Waals surface area contributed by atoms with Crippen LogP contribution in [-0.4, -0.2) is 44.3 Å². The average Bonchev–Trinajstić information content (AvgIpc) is 2.91. The Labute approximate surface area is 243 Å². The maximum Gasteiger partial charge on any atom is 0.337 e. The first-order valence-electron chi connectivity index (χ1n) is 11.1. The number of carboxylic acid groups (broad SMARTS) is 4. The van der Waals surface area contributed by atoms with Crippen LogP contribution < -0.4 is 0 Å². The lowest BCUT2D eigenvalue weighted by molar-refractivity contribution is 0.0652. The molecule has 5 aromatic rings. The number of carbonyl (C=O) groups is 4. The Kier molecular flexibility index (Phi) is 6.76. The first-order valence-corrected chi connectivity index (χ1v) is 12.6. The molecule has 0 atom stereocenters. The second-order valence-corrected chi connectivity index (χ2v) is 10.2. The average molecular weight is 618 g/mol. The van der Waals surface area contributed by atoms with Crippen molar-refractivity contribution in [3.05, 3.63) is 90.9 Å². The van der Waals surface area contributed by atoms with Gasteiger partial charge in [0.15, 0.2) is 0 Å².